The summed E-state index contributed by atoms with van der Waals surface area (Å²) in [5.41, 5.74) is 0.877. The third kappa shape index (κ3) is 11.3. The highest BCUT2D eigenvalue weighted by molar-refractivity contribution is 5.72. The van der Waals surface area contributed by atoms with Crippen molar-refractivity contribution in [2.75, 3.05) is 6.61 Å². The topological polar surface area (TPSA) is 61.3 Å². The molecule has 0 radical (unpaired) electrons. The fourth-order valence-electron chi connectivity index (χ4n) is 3.61. The van der Waals surface area contributed by atoms with Gasteiger partial charge in [0.25, 0.3) is 0 Å². The molecule has 2 aromatic rings. The lowest BCUT2D eigenvalue weighted by molar-refractivity contribution is -0.134. The summed E-state index contributed by atoms with van der Waals surface area (Å²) >= 11 is 0. The number of benzene rings is 1. The predicted octanol–water partition coefficient (Wildman–Crippen LogP) is 7.78. The van der Waals surface area contributed by atoms with Crippen molar-refractivity contribution in [3.63, 3.8) is 0 Å². The van der Waals surface area contributed by atoms with Crippen LogP contribution in [-0.2, 0) is 4.79 Å². The molecule has 0 aliphatic heterocycles. The number of aromatic nitrogens is 2. The predicted molar refractivity (Wildman–Crippen MR) is 135 cm³/mol. The molecule has 2 rings (SSSR count). The molecule has 0 amide bonds. The second-order valence-electron chi connectivity index (χ2n) is 8.97. The van der Waals surface area contributed by atoms with Crippen LogP contribution in [0.15, 0.2) is 36.7 Å². The fourth-order valence-corrected chi connectivity index (χ4v) is 3.61. The van der Waals surface area contributed by atoms with Gasteiger partial charge in [0.1, 0.15) is 5.75 Å². The van der Waals surface area contributed by atoms with Crippen molar-refractivity contribution in [1.82, 2.24) is 9.97 Å². The molecular formula is C28H42N2O3. The van der Waals surface area contributed by atoms with Crippen LogP contribution in [-0.4, -0.2) is 22.5 Å². The first kappa shape index (κ1) is 26.8. The minimum Gasteiger partial charge on any atom is -0.490 e. The molecular weight excluding hydrogens is 412 g/mol. The van der Waals surface area contributed by atoms with Gasteiger partial charge in [0.15, 0.2) is 11.6 Å². The number of hydrogen-bond acceptors (Lipinski definition) is 5. The molecule has 33 heavy (non-hydrogen) atoms. The average molecular weight is 455 g/mol. The van der Waals surface area contributed by atoms with E-state index in [4.69, 9.17) is 9.47 Å². The summed E-state index contributed by atoms with van der Waals surface area (Å²) in [5, 5.41) is 0. The molecule has 1 aromatic heterocycles. The SMILES string of the molecule is CCCCCCCCCOc1cnc(-c2ccc(OC(=O)CCCCC(C)CC)cc2)nc1. The highest BCUT2D eigenvalue weighted by atomic mass is 16.5. The van der Waals surface area contributed by atoms with Gasteiger partial charge in [0.05, 0.1) is 19.0 Å². The number of hydrogen-bond donors (Lipinski definition) is 0. The minimum absolute atomic E-state index is 0.175. The van der Waals surface area contributed by atoms with Crippen LogP contribution < -0.4 is 9.47 Å². The summed E-state index contributed by atoms with van der Waals surface area (Å²) in [7, 11) is 0. The van der Waals surface area contributed by atoms with E-state index in [1.54, 1.807) is 24.5 Å². The van der Waals surface area contributed by atoms with E-state index >= 15 is 0 Å². The maximum absolute atomic E-state index is 12.0. The molecule has 0 N–H and O–H groups in total. The Morgan fingerprint density at radius 2 is 1.52 bits per heavy atom. The Hall–Kier alpha value is -2.43. The first-order valence-electron chi connectivity index (χ1n) is 12.9. The van der Waals surface area contributed by atoms with Crippen LogP contribution in [0.3, 0.4) is 0 Å². The van der Waals surface area contributed by atoms with Gasteiger partial charge in [-0.05, 0) is 43.0 Å². The molecule has 1 atom stereocenters. The molecule has 0 saturated heterocycles. The number of ether oxygens (including phenoxy) is 2. The highest BCUT2D eigenvalue weighted by Gasteiger charge is 2.08. The maximum atomic E-state index is 12.0. The average Bonchev–Trinajstić information content (AvgIpc) is 2.84. The summed E-state index contributed by atoms with van der Waals surface area (Å²) < 4.78 is 11.2. The lowest BCUT2D eigenvalue weighted by Crippen LogP contribution is -2.07. The number of esters is 1. The van der Waals surface area contributed by atoms with Gasteiger partial charge >= 0.3 is 5.97 Å². The quantitative estimate of drug-likeness (QED) is 0.139. The zero-order valence-electron chi connectivity index (χ0n) is 20.9. The first-order valence-corrected chi connectivity index (χ1v) is 12.9. The van der Waals surface area contributed by atoms with Crippen molar-refractivity contribution in [3.05, 3.63) is 36.7 Å². The van der Waals surface area contributed by atoms with Crippen LogP contribution >= 0.6 is 0 Å². The molecule has 1 unspecified atom stereocenters. The largest absolute Gasteiger partial charge is 0.490 e. The molecule has 0 aliphatic rings. The molecule has 0 saturated carbocycles. The Morgan fingerprint density at radius 1 is 0.848 bits per heavy atom. The van der Waals surface area contributed by atoms with E-state index in [0.29, 0.717) is 30.4 Å². The van der Waals surface area contributed by atoms with E-state index in [9.17, 15) is 4.79 Å². The molecule has 182 valence electrons. The lowest BCUT2D eigenvalue weighted by atomic mass is 10.0. The zero-order valence-corrected chi connectivity index (χ0v) is 20.9. The van der Waals surface area contributed by atoms with Gasteiger partial charge in [0.2, 0.25) is 0 Å². The fraction of sp³-hybridized carbons (Fsp3) is 0.607. The minimum atomic E-state index is -0.175. The lowest BCUT2D eigenvalue weighted by Gasteiger charge is -2.08. The third-order valence-corrected chi connectivity index (χ3v) is 6.01. The molecule has 1 heterocycles. The number of carbonyl (C=O) groups excluding carboxylic acids is 1. The highest BCUT2D eigenvalue weighted by Crippen LogP contribution is 2.21. The van der Waals surface area contributed by atoms with Crippen LogP contribution in [0.1, 0.15) is 97.8 Å². The van der Waals surface area contributed by atoms with Crippen LogP contribution in [0.4, 0.5) is 0 Å². The second kappa shape index (κ2) is 16.2. The number of unbranched alkanes of at least 4 members (excludes halogenated alkanes) is 7. The van der Waals surface area contributed by atoms with Crippen LogP contribution in [0.25, 0.3) is 11.4 Å². The van der Waals surface area contributed by atoms with Gasteiger partial charge in [-0.15, -0.1) is 0 Å². The Kier molecular flexibility index (Phi) is 13.2. The smallest absolute Gasteiger partial charge is 0.311 e. The zero-order chi connectivity index (χ0) is 23.7. The standard InChI is InChI=1S/C28H42N2O3/c1-4-6-7-8-9-10-13-20-32-26-21-29-28(30-22-26)24-16-18-25(19-17-24)33-27(31)15-12-11-14-23(3)5-2/h16-19,21-23H,4-15,20H2,1-3H3. The van der Waals surface area contributed by atoms with E-state index < -0.39 is 0 Å². The van der Waals surface area contributed by atoms with Crippen LogP contribution in [0, 0.1) is 5.92 Å². The summed E-state index contributed by atoms with van der Waals surface area (Å²) in [6.07, 6.45) is 17.0. The monoisotopic (exact) mass is 454 g/mol. The molecule has 1 aromatic carbocycles. The van der Waals surface area contributed by atoms with Crippen molar-refractivity contribution < 1.29 is 14.3 Å². The van der Waals surface area contributed by atoms with Gasteiger partial charge in [-0.1, -0.05) is 78.6 Å². The normalized spacial score (nSPS) is 11.8. The van der Waals surface area contributed by atoms with Gasteiger partial charge in [-0.3, -0.25) is 4.79 Å². The van der Waals surface area contributed by atoms with E-state index in [1.807, 2.05) is 12.1 Å². The Labute approximate surface area is 200 Å². The van der Waals surface area contributed by atoms with Crippen molar-refractivity contribution in [2.45, 2.75) is 97.8 Å². The summed E-state index contributed by atoms with van der Waals surface area (Å²) in [6.45, 7) is 7.40. The summed E-state index contributed by atoms with van der Waals surface area (Å²) in [4.78, 5) is 20.9. The molecule has 0 spiro atoms. The van der Waals surface area contributed by atoms with Crippen molar-refractivity contribution >= 4 is 5.97 Å². The van der Waals surface area contributed by atoms with Gasteiger partial charge in [-0.2, -0.15) is 0 Å². The molecule has 0 fully saturated rings. The van der Waals surface area contributed by atoms with Gasteiger partial charge in [-0.25, -0.2) is 9.97 Å². The molecule has 0 bridgehead atoms. The van der Waals surface area contributed by atoms with Gasteiger partial charge < -0.3 is 9.47 Å². The number of nitrogens with zero attached hydrogens (tertiary/aromatic N) is 2. The Morgan fingerprint density at radius 3 is 2.18 bits per heavy atom. The molecule has 5 heteroatoms. The van der Waals surface area contributed by atoms with E-state index in [1.165, 1.54) is 51.4 Å². The van der Waals surface area contributed by atoms with Crippen molar-refractivity contribution in [2.24, 2.45) is 5.92 Å². The molecule has 0 aliphatic carbocycles. The Balaban J connectivity index is 1.68. The van der Waals surface area contributed by atoms with Crippen LogP contribution in [0.5, 0.6) is 11.5 Å². The Bertz CT molecular complexity index is 775. The van der Waals surface area contributed by atoms with Crippen LogP contribution in [0.2, 0.25) is 0 Å². The van der Waals surface area contributed by atoms with E-state index in [-0.39, 0.29) is 5.97 Å². The summed E-state index contributed by atoms with van der Waals surface area (Å²) in [5.74, 6) is 2.43. The maximum Gasteiger partial charge on any atom is 0.311 e. The van der Waals surface area contributed by atoms with E-state index in [0.717, 1.165) is 30.7 Å². The number of carbonyl (C=O) groups is 1. The van der Waals surface area contributed by atoms with Crippen molar-refractivity contribution in [3.8, 4) is 22.9 Å². The van der Waals surface area contributed by atoms with Gasteiger partial charge in [0, 0.05) is 12.0 Å². The number of rotatable bonds is 17. The second-order valence-corrected chi connectivity index (χ2v) is 8.97. The van der Waals surface area contributed by atoms with E-state index in [2.05, 4.69) is 30.7 Å². The van der Waals surface area contributed by atoms with Crippen molar-refractivity contribution in [1.29, 1.82) is 0 Å². The molecule has 5 nitrogen and oxygen atoms in total. The summed E-state index contributed by atoms with van der Waals surface area (Å²) in [6, 6.07) is 7.33. The first-order chi connectivity index (χ1) is 16.1. The third-order valence-electron chi connectivity index (χ3n) is 6.01.